The molecule has 12 heavy (non-hydrogen) atoms. The molecule has 0 bridgehead atoms. The largest absolute Gasteiger partial charge is 0.369 e. The molecule has 0 aromatic carbocycles. The van der Waals surface area contributed by atoms with Crippen molar-refractivity contribution in [3.8, 4) is 0 Å². The van der Waals surface area contributed by atoms with Gasteiger partial charge in [-0.3, -0.25) is 0 Å². The van der Waals surface area contributed by atoms with Crippen molar-refractivity contribution in [3.63, 3.8) is 0 Å². The van der Waals surface area contributed by atoms with Crippen LogP contribution in [0.5, 0.6) is 0 Å². The molecule has 0 aliphatic carbocycles. The van der Waals surface area contributed by atoms with E-state index in [0.29, 0.717) is 5.95 Å². The van der Waals surface area contributed by atoms with Gasteiger partial charge in [0, 0.05) is 6.61 Å². The Hall–Kier alpha value is -1.03. The summed E-state index contributed by atoms with van der Waals surface area (Å²) in [6.45, 7) is 2.89. The van der Waals surface area contributed by atoms with Crippen LogP contribution in [0.4, 0.5) is 5.95 Å². The van der Waals surface area contributed by atoms with Gasteiger partial charge in [0.25, 0.3) is 0 Å². The van der Waals surface area contributed by atoms with E-state index in [1.807, 2.05) is 0 Å². The van der Waals surface area contributed by atoms with E-state index < -0.39 is 0 Å². The number of anilines is 1. The Bertz CT molecular complexity index is 276. The maximum Gasteiger partial charge on any atom is 0.197 e. The first-order chi connectivity index (χ1) is 5.71. The highest BCUT2D eigenvalue weighted by atomic mass is 16.5. The Balaban J connectivity index is 2.28. The second kappa shape index (κ2) is 2.48. The molecule has 1 unspecified atom stereocenters. The molecule has 0 saturated carbocycles. The summed E-state index contributed by atoms with van der Waals surface area (Å²) in [6.07, 6.45) is 3.89. The van der Waals surface area contributed by atoms with Crippen molar-refractivity contribution in [3.05, 3.63) is 11.9 Å². The number of rotatable bonds is 1. The summed E-state index contributed by atoms with van der Waals surface area (Å²) in [4.78, 5) is 6.95. The summed E-state index contributed by atoms with van der Waals surface area (Å²) in [7, 11) is 0. The fraction of sp³-hybridized carbons (Fsp3) is 0.625. The van der Waals surface area contributed by atoms with Crippen molar-refractivity contribution < 1.29 is 4.74 Å². The number of hydrogen-bond donors (Lipinski definition) is 2. The number of ether oxygens (including phenoxy) is 1. The molecule has 66 valence electrons. The molecule has 1 aromatic rings. The molecule has 0 radical (unpaired) electrons. The van der Waals surface area contributed by atoms with Crippen molar-refractivity contribution in [1.82, 2.24) is 9.97 Å². The zero-order valence-corrected chi connectivity index (χ0v) is 7.13. The van der Waals surface area contributed by atoms with E-state index in [4.69, 9.17) is 10.5 Å². The fourth-order valence-corrected chi connectivity index (χ4v) is 1.60. The third-order valence-electron chi connectivity index (χ3n) is 2.38. The number of aromatic amines is 1. The Morgan fingerprint density at radius 2 is 2.58 bits per heavy atom. The molecule has 1 fully saturated rings. The van der Waals surface area contributed by atoms with Crippen LogP contribution in [-0.2, 0) is 10.3 Å². The molecule has 0 amide bonds. The molecule has 1 aliphatic heterocycles. The number of nitrogens with two attached hydrogens (primary N) is 1. The quantitative estimate of drug-likeness (QED) is 0.656. The Labute approximate surface area is 71.1 Å². The first-order valence-corrected chi connectivity index (χ1v) is 4.16. The van der Waals surface area contributed by atoms with Crippen LogP contribution in [-0.4, -0.2) is 16.6 Å². The minimum absolute atomic E-state index is 0.190. The Morgan fingerprint density at radius 1 is 1.75 bits per heavy atom. The van der Waals surface area contributed by atoms with Gasteiger partial charge < -0.3 is 15.5 Å². The summed E-state index contributed by atoms with van der Waals surface area (Å²) in [5.74, 6) is 0.460. The molecular weight excluding hydrogens is 154 g/mol. The van der Waals surface area contributed by atoms with Crippen molar-refractivity contribution in [2.45, 2.75) is 25.4 Å². The summed E-state index contributed by atoms with van der Waals surface area (Å²) in [5.41, 5.74) is 6.28. The topological polar surface area (TPSA) is 63.9 Å². The highest BCUT2D eigenvalue weighted by molar-refractivity contribution is 5.22. The van der Waals surface area contributed by atoms with E-state index in [1.165, 1.54) is 0 Å². The van der Waals surface area contributed by atoms with E-state index in [-0.39, 0.29) is 5.60 Å². The van der Waals surface area contributed by atoms with Gasteiger partial charge in [-0.05, 0) is 19.8 Å². The predicted molar refractivity (Wildman–Crippen MR) is 45.5 cm³/mol. The fourth-order valence-electron chi connectivity index (χ4n) is 1.60. The Kier molecular flexibility index (Phi) is 1.58. The SMILES string of the molecule is CC1(c2cnc(N)[nH]2)CCCO1. The average molecular weight is 167 g/mol. The van der Waals surface area contributed by atoms with Gasteiger partial charge in [0.05, 0.1) is 11.9 Å². The van der Waals surface area contributed by atoms with Crippen LogP contribution in [0.3, 0.4) is 0 Å². The van der Waals surface area contributed by atoms with Crippen LogP contribution < -0.4 is 5.73 Å². The molecule has 1 aromatic heterocycles. The van der Waals surface area contributed by atoms with Gasteiger partial charge in [0.2, 0.25) is 0 Å². The standard InChI is InChI=1S/C8H13N3O/c1-8(3-2-4-12-8)6-5-10-7(9)11-6/h5H,2-4H2,1H3,(H3,9,10,11). The van der Waals surface area contributed by atoms with Crippen molar-refractivity contribution >= 4 is 5.95 Å². The van der Waals surface area contributed by atoms with Gasteiger partial charge in [0.1, 0.15) is 5.60 Å². The number of nitrogens with one attached hydrogen (secondary N) is 1. The summed E-state index contributed by atoms with van der Waals surface area (Å²) < 4.78 is 5.61. The van der Waals surface area contributed by atoms with Crippen LogP contribution in [0.2, 0.25) is 0 Å². The second-order valence-electron chi connectivity index (χ2n) is 3.36. The third-order valence-corrected chi connectivity index (χ3v) is 2.38. The lowest BCUT2D eigenvalue weighted by Crippen LogP contribution is -2.20. The zero-order chi connectivity index (χ0) is 8.60. The van der Waals surface area contributed by atoms with E-state index in [1.54, 1.807) is 6.20 Å². The molecule has 0 spiro atoms. The average Bonchev–Trinajstić information content (AvgIpc) is 2.59. The molecule has 4 heteroatoms. The summed E-state index contributed by atoms with van der Waals surface area (Å²) in [6, 6.07) is 0. The molecule has 3 N–H and O–H groups in total. The predicted octanol–water partition coefficient (Wildman–Crippen LogP) is 1.02. The molecule has 1 aliphatic rings. The Morgan fingerprint density at radius 3 is 3.08 bits per heavy atom. The molecular formula is C8H13N3O. The summed E-state index contributed by atoms with van der Waals surface area (Å²) >= 11 is 0. The first kappa shape index (κ1) is 7.61. The van der Waals surface area contributed by atoms with E-state index in [0.717, 1.165) is 25.1 Å². The highest BCUT2D eigenvalue weighted by Gasteiger charge is 2.33. The third kappa shape index (κ3) is 1.08. The minimum Gasteiger partial charge on any atom is -0.369 e. The normalized spacial score (nSPS) is 29.4. The number of hydrogen-bond acceptors (Lipinski definition) is 3. The number of H-pyrrole nitrogens is 1. The maximum absolute atomic E-state index is 5.61. The molecule has 4 nitrogen and oxygen atoms in total. The lowest BCUT2D eigenvalue weighted by Gasteiger charge is -2.20. The number of nitrogens with zero attached hydrogens (tertiary/aromatic N) is 1. The van der Waals surface area contributed by atoms with E-state index >= 15 is 0 Å². The number of imidazole rings is 1. The van der Waals surface area contributed by atoms with Crippen LogP contribution in [0.1, 0.15) is 25.5 Å². The lowest BCUT2D eigenvalue weighted by atomic mass is 10.00. The lowest BCUT2D eigenvalue weighted by molar-refractivity contribution is 0.0136. The van der Waals surface area contributed by atoms with E-state index in [9.17, 15) is 0 Å². The minimum atomic E-state index is -0.190. The van der Waals surface area contributed by atoms with Crippen LogP contribution in [0.15, 0.2) is 6.20 Å². The van der Waals surface area contributed by atoms with Crippen LogP contribution in [0, 0.1) is 0 Å². The van der Waals surface area contributed by atoms with Gasteiger partial charge >= 0.3 is 0 Å². The second-order valence-corrected chi connectivity index (χ2v) is 3.36. The van der Waals surface area contributed by atoms with Gasteiger partial charge in [-0.2, -0.15) is 0 Å². The van der Waals surface area contributed by atoms with E-state index in [2.05, 4.69) is 16.9 Å². The van der Waals surface area contributed by atoms with Gasteiger partial charge in [-0.1, -0.05) is 0 Å². The van der Waals surface area contributed by atoms with Crippen LogP contribution >= 0.6 is 0 Å². The smallest absolute Gasteiger partial charge is 0.197 e. The van der Waals surface area contributed by atoms with Crippen molar-refractivity contribution in [1.29, 1.82) is 0 Å². The van der Waals surface area contributed by atoms with Gasteiger partial charge in [-0.25, -0.2) is 4.98 Å². The van der Waals surface area contributed by atoms with Crippen LogP contribution in [0.25, 0.3) is 0 Å². The van der Waals surface area contributed by atoms with Gasteiger partial charge in [0.15, 0.2) is 5.95 Å². The molecule has 2 rings (SSSR count). The van der Waals surface area contributed by atoms with Crippen molar-refractivity contribution in [2.24, 2.45) is 0 Å². The zero-order valence-electron chi connectivity index (χ0n) is 7.13. The number of aromatic nitrogens is 2. The highest BCUT2D eigenvalue weighted by Crippen LogP contribution is 2.34. The maximum atomic E-state index is 5.61. The first-order valence-electron chi connectivity index (χ1n) is 4.16. The molecule has 1 atom stereocenters. The molecule has 2 heterocycles. The van der Waals surface area contributed by atoms with Gasteiger partial charge in [-0.15, -0.1) is 0 Å². The van der Waals surface area contributed by atoms with Crippen molar-refractivity contribution in [2.75, 3.05) is 12.3 Å². The summed E-state index contributed by atoms with van der Waals surface area (Å²) in [5, 5.41) is 0. The molecule has 1 saturated heterocycles. The monoisotopic (exact) mass is 167 g/mol. The number of nitrogen functional groups attached to an aromatic ring is 1.